The number of rotatable bonds is 3. The van der Waals surface area contributed by atoms with Crippen molar-refractivity contribution < 1.29 is 14.6 Å². The van der Waals surface area contributed by atoms with Crippen LogP contribution in [0.4, 0.5) is 0 Å². The summed E-state index contributed by atoms with van der Waals surface area (Å²) in [5, 5.41) is 11.0. The van der Waals surface area contributed by atoms with Crippen LogP contribution in [-0.4, -0.2) is 11.4 Å². The quantitative estimate of drug-likeness (QED) is 0.938. The number of hydrogen-bond donors (Lipinski definition) is 1. The highest BCUT2D eigenvalue weighted by atomic mass is 16.7. The lowest BCUT2D eigenvalue weighted by molar-refractivity contribution is -0.351. The number of aliphatic hydroxyl groups is 1. The second-order valence-corrected chi connectivity index (χ2v) is 5.45. The van der Waals surface area contributed by atoms with Crippen molar-refractivity contribution in [1.29, 1.82) is 0 Å². The zero-order valence-electron chi connectivity index (χ0n) is 11.4. The van der Waals surface area contributed by atoms with E-state index in [4.69, 9.17) is 9.47 Å². The monoisotopic (exact) mass is 280 g/mol. The Morgan fingerprint density at radius 1 is 0.952 bits per heavy atom. The van der Waals surface area contributed by atoms with Crippen LogP contribution in [0.3, 0.4) is 0 Å². The molecule has 4 rings (SSSR count). The van der Waals surface area contributed by atoms with Crippen LogP contribution in [0.15, 0.2) is 73.0 Å². The zero-order chi connectivity index (χ0) is 14.3. The third kappa shape index (κ3) is 1.75. The van der Waals surface area contributed by atoms with Gasteiger partial charge in [0.15, 0.2) is 0 Å². The van der Waals surface area contributed by atoms with Gasteiger partial charge in [-0.05, 0) is 17.2 Å². The Labute approximate surface area is 123 Å². The van der Waals surface area contributed by atoms with Crippen molar-refractivity contribution in [2.45, 2.75) is 18.0 Å². The van der Waals surface area contributed by atoms with Gasteiger partial charge in [-0.25, -0.2) is 0 Å². The molecule has 2 heterocycles. The van der Waals surface area contributed by atoms with E-state index in [1.807, 2.05) is 66.7 Å². The molecule has 0 radical (unpaired) electrons. The summed E-state index contributed by atoms with van der Waals surface area (Å²) in [6, 6.07) is 19.5. The maximum atomic E-state index is 11.0. The Kier molecular flexibility index (Phi) is 2.84. The predicted octanol–water partition coefficient (Wildman–Crippen LogP) is 3.13. The lowest BCUT2D eigenvalue weighted by atomic mass is 9.70. The van der Waals surface area contributed by atoms with E-state index in [0.29, 0.717) is 0 Å². The largest absolute Gasteiger partial charge is 0.472 e. The van der Waals surface area contributed by atoms with Crippen LogP contribution in [0.25, 0.3) is 0 Å². The summed E-state index contributed by atoms with van der Waals surface area (Å²) in [7, 11) is 0. The molecule has 3 heteroatoms. The first-order valence-electron chi connectivity index (χ1n) is 7.11. The maximum absolute atomic E-state index is 11.0. The van der Waals surface area contributed by atoms with Gasteiger partial charge >= 0.3 is 0 Å². The molecule has 0 amide bonds. The van der Waals surface area contributed by atoms with Crippen LogP contribution in [0.2, 0.25) is 0 Å². The molecule has 0 spiro atoms. The number of hydrogen-bond acceptors (Lipinski definition) is 3. The Bertz CT molecular complexity index is 653. The molecule has 1 unspecified atom stereocenters. The van der Waals surface area contributed by atoms with Crippen LogP contribution in [0.1, 0.15) is 17.2 Å². The fourth-order valence-corrected chi connectivity index (χ4v) is 3.27. The van der Waals surface area contributed by atoms with Gasteiger partial charge in [-0.2, -0.15) is 0 Å². The molecule has 0 aliphatic carbocycles. The van der Waals surface area contributed by atoms with Crippen molar-refractivity contribution in [1.82, 2.24) is 0 Å². The minimum atomic E-state index is -0.778. The molecule has 1 saturated heterocycles. The SMILES string of the molecule is OC(c1ccccc1)[C@@]1(c2ccccc2)O[C@H]2OC=C[C@H]21. The molecule has 2 aromatic carbocycles. The van der Waals surface area contributed by atoms with E-state index < -0.39 is 11.7 Å². The standard InChI is InChI=1S/C18H16O3/c19-16(13-7-3-1-4-8-13)18(14-9-5-2-6-10-14)15-11-12-20-17(15)21-18/h1-12,15-17,19H/t15-,16?,17-,18+/m1/s1. The zero-order valence-corrected chi connectivity index (χ0v) is 11.4. The smallest absolute Gasteiger partial charge is 0.209 e. The minimum absolute atomic E-state index is 0.0232. The summed E-state index contributed by atoms with van der Waals surface area (Å²) in [4.78, 5) is 0. The summed E-state index contributed by atoms with van der Waals surface area (Å²) < 4.78 is 11.4. The van der Waals surface area contributed by atoms with Gasteiger partial charge < -0.3 is 14.6 Å². The van der Waals surface area contributed by atoms with Gasteiger partial charge in [0.1, 0.15) is 11.7 Å². The van der Waals surface area contributed by atoms with Crippen LogP contribution in [0, 0.1) is 5.92 Å². The Morgan fingerprint density at radius 3 is 2.29 bits per heavy atom. The van der Waals surface area contributed by atoms with Crippen molar-refractivity contribution in [2.75, 3.05) is 0 Å². The van der Waals surface area contributed by atoms with Crippen molar-refractivity contribution in [3.05, 3.63) is 84.1 Å². The van der Waals surface area contributed by atoms with E-state index in [0.717, 1.165) is 11.1 Å². The van der Waals surface area contributed by atoms with Gasteiger partial charge in [0.2, 0.25) is 6.29 Å². The number of aliphatic hydroxyl groups excluding tert-OH is 1. The first-order valence-corrected chi connectivity index (χ1v) is 7.11. The van der Waals surface area contributed by atoms with E-state index in [9.17, 15) is 5.11 Å². The van der Waals surface area contributed by atoms with Crippen molar-refractivity contribution in [3.8, 4) is 0 Å². The Hall–Kier alpha value is -2.10. The fourth-order valence-electron chi connectivity index (χ4n) is 3.27. The Balaban J connectivity index is 1.80. The first kappa shape index (κ1) is 12.6. The molecule has 2 aliphatic heterocycles. The molecule has 0 saturated carbocycles. The van der Waals surface area contributed by atoms with E-state index in [2.05, 4.69) is 0 Å². The summed E-state index contributed by atoms with van der Waals surface area (Å²) >= 11 is 0. The molecule has 0 aromatic heterocycles. The number of ether oxygens (including phenoxy) is 2. The van der Waals surface area contributed by atoms with Crippen LogP contribution >= 0.6 is 0 Å². The average Bonchev–Trinajstić information content (AvgIpc) is 2.92. The third-order valence-corrected chi connectivity index (χ3v) is 4.34. The summed E-state index contributed by atoms with van der Waals surface area (Å²) in [6.07, 6.45) is 2.61. The Morgan fingerprint density at radius 2 is 1.62 bits per heavy atom. The molecule has 2 aromatic rings. The second-order valence-electron chi connectivity index (χ2n) is 5.45. The third-order valence-electron chi connectivity index (χ3n) is 4.34. The average molecular weight is 280 g/mol. The van der Waals surface area contributed by atoms with Crippen LogP contribution in [0.5, 0.6) is 0 Å². The van der Waals surface area contributed by atoms with Gasteiger partial charge in [-0.1, -0.05) is 60.7 Å². The van der Waals surface area contributed by atoms with E-state index in [1.54, 1.807) is 6.26 Å². The van der Waals surface area contributed by atoms with Crippen LogP contribution in [-0.2, 0) is 15.1 Å². The normalized spacial score (nSPS) is 31.1. The summed E-state index contributed by atoms with van der Waals surface area (Å²) in [5.41, 5.74) is 1.04. The van der Waals surface area contributed by atoms with E-state index in [1.165, 1.54) is 0 Å². The molecular weight excluding hydrogens is 264 g/mol. The molecule has 2 aliphatic rings. The molecule has 0 bridgehead atoms. The number of benzene rings is 2. The van der Waals surface area contributed by atoms with Gasteiger partial charge in [0, 0.05) is 0 Å². The molecule has 1 N–H and O–H groups in total. The molecule has 3 nitrogen and oxygen atoms in total. The highest BCUT2D eigenvalue weighted by molar-refractivity contribution is 5.35. The highest BCUT2D eigenvalue weighted by Crippen LogP contribution is 2.57. The van der Waals surface area contributed by atoms with Crippen molar-refractivity contribution in [2.24, 2.45) is 5.92 Å². The first-order chi connectivity index (χ1) is 10.3. The van der Waals surface area contributed by atoms with Crippen LogP contribution < -0.4 is 0 Å². The van der Waals surface area contributed by atoms with Crippen molar-refractivity contribution >= 4 is 0 Å². The number of fused-ring (bicyclic) bond motifs is 1. The molecular formula is C18H16O3. The van der Waals surface area contributed by atoms with E-state index in [-0.39, 0.29) is 12.2 Å². The summed E-state index contributed by atoms with van der Waals surface area (Å²) in [5.74, 6) is 0.0232. The topological polar surface area (TPSA) is 38.7 Å². The van der Waals surface area contributed by atoms with Gasteiger partial charge in [-0.3, -0.25) is 0 Å². The summed E-state index contributed by atoms with van der Waals surface area (Å²) in [6.45, 7) is 0. The fraction of sp³-hybridized carbons (Fsp3) is 0.222. The molecule has 1 fully saturated rings. The lowest BCUT2D eigenvalue weighted by Gasteiger charge is -2.53. The molecule has 21 heavy (non-hydrogen) atoms. The molecule has 106 valence electrons. The lowest BCUT2D eigenvalue weighted by Crippen LogP contribution is -2.59. The minimum Gasteiger partial charge on any atom is -0.472 e. The molecule has 4 atom stereocenters. The van der Waals surface area contributed by atoms with Crippen molar-refractivity contribution in [3.63, 3.8) is 0 Å². The maximum Gasteiger partial charge on any atom is 0.209 e. The van der Waals surface area contributed by atoms with Gasteiger partial charge in [0.25, 0.3) is 0 Å². The highest BCUT2D eigenvalue weighted by Gasteiger charge is 2.62. The van der Waals surface area contributed by atoms with E-state index >= 15 is 0 Å². The second kappa shape index (κ2) is 4.72. The van der Waals surface area contributed by atoms with Gasteiger partial charge in [0.05, 0.1) is 12.2 Å². The predicted molar refractivity (Wildman–Crippen MR) is 78.1 cm³/mol. The van der Waals surface area contributed by atoms with Gasteiger partial charge in [-0.15, -0.1) is 0 Å².